The molecule has 164 valence electrons. The zero-order valence-electron chi connectivity index (χ0n) is 17.4. The number of methoxy groups -OCH3 is 1. The van der Waals surface area contributed by atoms with Gasteiger partial charge in [-0.15, -0.1) is 16.4 Å². The Morgan fingerprint density at radius 3 is 2.88 bits per heavy atom. The van der Waals surface area contributed by atoms with Crippen molar-refractivity contribution in [3.8, 4) is 11.8 Å². The van der Waals surface area contributed by atoms with E-state index in [1.54, 1.807) is 13.3 Å². The van der Waals surface area contributed by atoms with Crippen LogP contribution in [0.3, 0.4) is 0 Å². The molecule has 2 amide bonds. The average molecular weight is 468 g/mol. The molecule has 4 rings (SSSR count). The van der Waals surface area contributed by atoms with E-state index in [1.165, 1.54) is 28.0 Å². The summed E-state index contributed by atoms with van der Waals surface area (Å²) in [5, 5.41) is 23.4. The number of nitrogens with one attached hydrogen (secondary N) is 2. The third-order valence-electron chi connectivity index (χ3n) is 5.15. The number of aryl methyl sites for hydroxylation is 1. The third kappa shape index (κ3) is 5.00. The summed E-state index contributed by atoms with van der Waals surface area (Å²) in [5.74, 6) is 0.170. The van der Waals surface area contributed by atoms with Crippen molar-refractivity contribution in [1.82, 2.24) is 5.32 Å². The number of anilines is 1. The summed E-state index contributed by atoms with van der Waals surface area (Å²) >= 11 is 2.64. The summed E-state index contributed by atoms with van der Waals surface area (Å²) < 4.78 is 5.11. The summed E-state index contributed by atoms with van der Waals surface area (Å²) in [6.07, 6.45) is 5.55. The van der Waals surface area contributed by atoms with E-state index in [-0.39, 0.29) is 18.2 Å². The summed E-state index contributed by atoms with van der Waals surface area (Å²) in [6, 6.07) is 9.55. The highest BCUT2D eigenvalue weighted by molar-refractivity contribution is 8.15. The van der Waals surface area contributed by atoms with Gasteiger partial charge < -0.3 is 15.4 Å². The lowest BCUT2D eigenvalue weighted by Crippen LogP contribution is -2.28. The SMILES string of the molecule is COc1ccc(/C=N\N=C2\NC(=O)C(CC(=O)Nc3sc4c(c3C#N)CCCC4)S2)cc1. The van der Waals surface area contributed by atoms with Crippen LogP contribution in [0.2, 0.25) is 0 Å². The van der Waals surface area contributed by atoms with Gasteiger partial charge in [-0.3, -0.25) is 9.59 Å². The van der Waals surface area contributed by atoms with E-state index in [0.29, 0.717) is 15.7 Å². The predicted molar refractivity (Wildman–Crippen MR) is 126 cm³/mol. The number of hydrogen-bond donors (Lipinski definition) is 2. The largest absolute Gasteiger partial charge is 0.497 e. The zero-order chi connectivity index (χ0) is 22.5. The Bertz CT molecular complexity index is 1130. The Morgan fingerprint density at radius 1 is 1.34 bits per heavy atom. The van der Waals surface area contributed by atoms with Crippen molar-refractivity contribution < 1.29 is 14.3 Å². The average Bonchev–Trinajstić information content (AvgIpc) is 3.32. The van der Waals surface area contributed by atoms with E-state index in [2.05, 4.69) is 26.9 Å². The second kappa shape index (κ2) is 9.97. The van der Waals surface area contributed by atoms with Crippen LogP contribution in [0.15, 0.2) is 34.5 Å². The molecule has 0 saturated carbocycles. The Morgan fingerprint density at radius 2 is 2.12 bits per heavy atom. The number of amides is 2. The first-order valence-electron chi connectivity index (χ1n) is 10.1. The van der Waals surface area contributed by atoms with Crippen molar-refractivity contribution in [2.24, 2.45) is 10.2 Å². The van der Waals surface area contributed by atoms with Gasteiger partial charge >= 0.3 is 0 Å². The number of rotatable bonds is 6. The van der Waals surface area contributed by atoms with Crippen LogP contribution in [0, 0.1) is 11.3 Å². The molecule has 0 spiro atoms. The van der Waals surface area contributed by atoms with Crippen molar-refractivity contribution in [2.75, 3.05) is 12.4 Å². The third-order valence-corrected chi connectivity index (χ3v) is 7.43. The highest BCUT2D eigenvalue weighted by Gasteiger charge is 2.33. The highest BCUT2D eigenvalue weighted by atomic mass is 32.2. The van der Waals surface area contributed by atoms with Gasteiger partial charge in [-0.05, 0) is 61.1 Å². The van der Waals surface area contributed by atoms with Gasteiger partial charge in [-0.25, -0.2) is 0 Å². The molecule has 2 aliphatic rings. The van der Waals surface area contributed by atoms with Gasteiger partial charge in [-0.2, -0.15) is 10.4 Å². The molecule has 1 aliphatic carbocycles. The number of carbonyl (C=O) groups is 2. The number of nitriles is 1. The fraction of sp³-hybridized carbons (Fsp3) is 0.318. The summed E-state index contributed by atoms with van der Waals surface area (Å²) in [6.45, 7) is 0. The predicted octanol–water partition coefficient (Wildman–Crippen LogP) is 3.46. The second-order valence-corrected chi connectivity index (χ2v) is 9.59. The van der Waals surface area contributed by atoms with Crippen LogP contribution in [0.25, 0.3) is 0 Å². The van der Waals surface area contributed by atoms with Crippen molar-refractivity contribution in [3.05, 3.63) is 45.8 Å². The molecule has 0 radical (unpaired) electrons. The Labute approximate surface area is 193 Å². The van der Waals surface area contributed by atoms with Crippen LogP contribution in [-0.4, -0.2) is 35.6 Å². The lowest BCUT2D eigenvalue weighted by atomic mass is 9.96. The normalized spacial score (nSPS) is 18.9. The fourth-order valence-electron chi connectivity index (χ4n) is 3.54. The zero-order valence-corrected chi connectivity index (χ0v) is 19.0. The first kappa shape index (κ1) is 22.0. The van der Waals surface area contributed by atoms with Crippen molar-refractivity contribution in [3.63, 3.8) is 0 Å². The highest BCUT2D eigenvalue weighted by Crippen LogP contribution is 2.37. The van der Waals surface area contributed by atoms with E-state index < -0.39 is 5.25 Å². The first-order valence-corrected chi connectivity index (χ1v) is 11.8. The van der Waals surface area contributed by atoms with Crippen molar-refractivity contribution in [1.29, 1.82) is 5.26 Å². The molecule has 1 unspecified atom stereocenters. The molecule has 1 aliphatic heterocycles. The molecule has 2 heterocycles. The molecule has 1 aromatic heterocycles. The van der Waals surface area contributed by atoms with E-state index in [1.807, 2.05) is 24.3 Å². The minimum absolute atomic E-state index is 0.00878. The summed E-state index contributed by atoms with van der Waals surface area (Å²) in [7, 11) is 1.60. The van der Waals surface area contributed by atoms with Gasteiger partial charge in [0.05, 0.1) is 18.9 Å². The van der Waals surface area contributed by atoms with E-state index in [9.17, 15) is 14.9 Å². The minimum Gasteiger partial charge on any atom is -0.497 e. The van der Waals surface area contributed by atoms with Gasteiger partial charge in [0.25, 0.3) is 0 Å². The van der Waals surface area contributed by atoms with Crippen LogP contribution in [0.1, 0.15) is 40.8 Å². The molecule has 1 saturated heterocycles. The number of thiophene rings is 1. The summed E-state index contributed by atoms with van der Waals surface area (Å²) in [4.78, 5) is 26.0. The van der Waals surface area contributed by atoms with Gasteiger partial charge in [0.2, 0.25) is 11.8 Å². The van der Waals surface area contributed by atoms with Crippen LogP contribution in [0.4, 0.5) is 5.00 Å². The molecule has 8 nitrogen and oxygen atoms in total. The molecule has 1 atom stereocenters. The maximum Gasteiger partial charge on any atom is 0.240 e. The lowest BCUT2D eigenvalue weighted by Gasteiger charge is -2.09. The molecule has 2 N–H and O–H groups in total. The van der Waals surface area contributed by atoms with Gasteiger partial charge in [-0.1, -0.05) is 11.8 Å². The number of thioether (sulfide) groups is 1. The quantitative estimate of drug-likeness (QED) is 0.499. The number of nitrogens with zero attached hydrogens (tertiary/aromatic N) is 3. The van der Waals surface area contributed by atoms with Crippen LogP contribution < -0.4 is 15.4 Å². The smallest absolute Gasteiger partial charge is 0.240 e. The van der Waals surface area contributed by atoms with Crippen LogP contribution in [0.5, 0.6) is 5.75 Å². The van der Waals surface area contributed by atoms with Crippen LogP contribution in [-0.2, 0) is 22.4 Å². The van der Waals surface area contributed by atoms with E-state index in [0.717, 1.165) is 42.6 Å². The number of amidine groups is 1. The number of hydrogen-bond acceptors (Lipinski definition) is 8. The van der Waals surface area contributed by atoms with E-state index >= 15 is 0 Å². The monoisotopic (exact) mass is 467 g/mol. The Hall–Kier alpha value is -3.16. The van der Waals surface area contributed by atoms with Gasteiger partial charge in [0, 0.05) is 11.3 Å². The Balaban J connectivity index is 1.35. The second-order valence-electron chi connectivity index (χ2n) is 7.30. The topological polar surface area (TPSA) is 116 Å². The fourth-order valence-corrected chi connectivity index (χ4v) is 5.72. The minimum atomic E-state index is -0.593. The number of carbonyl (C=O) groups excluding carboxylic acids is 2. The molecular weight excluding hydrogens is 446 g/mol. The van der Waals surface area contributed by atoms with Gasteiger partial charge in [0.15, 0.2) is 5.17 Å². The maximum absolute atomic E-state index is 12.6. The number of benzene rings is 1. The molecule has 1 fully saturated rings. The number of fused-ring (bicyclic) bond motifs is 1. The van der Waals surface area contributed by atoms with E-state index in [4.69, 9.17) is 4.74 Å². The molecule has 2 aromatic rings. The lowest BCUT2D eigenvalue weighted by molar-refractivity contribution is -0.122. The maximum atomic E-state index is 12.6. The van der Waals surface area contributed by atoms with Crippen LogP contribution >= 0.6 is 23.1 Å². The van der Waals surface area contributed by atoms with Crippen molar-refractivity contribution in [2.45, 2.75) is 37.4 Å². The summed E-state index contributed by atoms with van der Waals surface area (Å²) in [5.41, 5.74) is 2.47. The standard InChI is InChI=1S/C22H21N5O3S2/c1-30-14-8-6-13(7-9-14)12-24-27-22-26-20(29)18(32-22)10-19(28)25-21-16(11-23)15-4-2-3-5-17(15)31-21/h6-9,12,18H,2-5,10H2,1H3,(H,25,28)(H,26,27,29)/b24-12-. The molecule has 1 aromatic carbocycles. The number of ether oxygens (including phenoxy) is 1. The Kier molecular flexibility index (Phi) is 6.87. The molecule has 10 heteroatoms. The van der Waals surface area contributed by atoms with Crippen molar-refractivity contribution >= 4 is 51.3 Å². The first-order chi connectivity index (χ1) is 15.6. The molecular formula is C22H21N5O3S2. The van der Waals surface area contributed by atoms with Gasteiger partial charge in [0.1, 0.15) is 22.1 Å². The molecule has 32 heavy (non-hydrogen) atoms. The molecule has 0 bridgehead atoms.